The summed E-state index contributed by atoms with van der Waals surface area (Å²) in [6.07, 6.45) is -4.13. The van der Waals surface area contributed by atoms with Crippen LogP contribution in [0.15, 0.2) is 29.6 Å². The molecular weight excluding hydrogens is 292 g/mol. The minimum absolute atomic E-state index is 0.0762. The molecule has 1 heterocycles. The van der Waals surface area contributed by atoms with Crippen molar-refractivity contribution >= 4 is 17.1 Å². The number of halogens is 4. The molecule has 106 valence electrons. The lowest BCUT2D eigenvalue weighted by Gasteiger charge is -2.09. The van der Waals surface area contributed by atoms with E-state index in [0.717, 1.165) is 11.6 Å². The molecular formula is C14H10F4OS. The van der Waals surface area contributed by atoms with Crippen LogP contribution in [0.25, 0.3) is 0 Å². The van der Waals surface area contributed by atoms with Crippen molar-refractivity contribution in [2.45, 2.75) is 19.5 Å². The van der Waals surface area contributed by atoms with Gasteiger partial charge >= 0.3 is 6.18 Å². The topological polar surface area (TPSA) is 17.1 Å². The number of hydrogen-bond donors (Lipinski definition) is 0. The van der Waals surface area contributed by atoms with Gasteiger partial charge in [-0.25, -0.2) is 4.39 Å². The predicted octanol–water partition coefficient (Wildman–Crippen LogP) is 4.70. The van der Waals surface area contributed by atoms with Crippen molar-refractivity contribution in [1.82, 2.24) is 0 Å². The molecule has 1 aromatic carbocycles. The van der Waals surface area contributed by atoms with E-state index in [1.807, 2.05) is 6.92 Å². The Morgan fingerprint density at radius 1 is 1.25 bits per heavy atom. The summed E-state index contributed by atoms with van der Waals surface area (Å²) in [5.74, 6) is -1.89. The standard InChI is InChI=1S/C14H10F4OS/c1-2-8-5-6-20-13(8)12(19)9-3-4-10(11(15)7-9)14(16,17)18/h3-7H,2H2,1H3. The highest BCUT2D eigenvalue weighted by molar-refractivity contribution is 7.12. The van der Waals surface area contributed by atoms with Gasteiger partial charge in [0.2, 0.25) is 5.78 Å². The lowest BCUT2D eigenvalue weighted by Crippen LogP contribution is -2.10. The van der Waals surface area contributed by atoms with Crippen molar-refractivity contribution in [2.75, 3.05) is 0 Å². The SMILES string of the molecule is CCc1ccsc1C(=O)c1ccc(C(F)(F)F)c(F)c1. The van der Waals surface area contributed by atoms with Crippen LogP contribution in [-0.4, -0.2) is 5.78 Å². The average Bonchev–Trinajstić information content (AvgIpc) is 2.84. The first kappa shape index (κ1) is 14.7. The fraction of sp³-hybridized carbons (Fsp3) is 0.214. The third-order valence-electron chi connectivity index (χ3n) is 2.87. The number of alkyl halides is 3. The zero-order valence-corrected chi connectivity index (χ0v) is 11.2. The number of ketones is 1. The third-order valence-corrected chi connectivity index (χ3v) is 3.83. The molecule has 0 fully saturated rings. The van der Waals surface area contributed by atoms with Crippen LogP contribution in [-0.2, 0) is 12.6 Å². The highest BCUT2D eigenvalue weighted by Gasteiger charge is 2.34. The lowest BCUT2D eigenvalue weighted by atomic mass is 10.0. The first-order valence-corrected chi connectivity index (χ1v) is 6.70. The Kier molecular flexibility index (Phi) is 3.94. The molecule has 1 aromatic heterocycles. The van der Waals surface area contributed by atoms with Crippen LogP contribution in [0.4, 0.5) is 17.6 Å². The molecule has 0 bridgehead atoms. The molecule has 20 heavy (non-hydrogen) atoms. The third kappa shape index (κ3) is 2.75. The van der Waals surface area contributed by atoms with E-state index in [1.54, 1.807) is 11.4 Å². The Morgan fingerprint density at radius 3 is 2.50 bits per heavy atom. The predicted molar refractivity (Wildman–Crippen MR) is 68.5 cm³/mol. The quantitative estimate of drug-likeness (QED) is 0.593. The van der Waals surface area contributed by atoms with Gasteiger partial charge in [-0.1, -0.05) is 13.0 Å². The highest BCUT2D eigenvalue weighted by atomic mass is 32.1. The van der Waals surface area contributed by atoms with Crippen molar-refractivity contribution in [3.8, 4) is 0 Å². The summed E-state index contributed by atoms with van der Waals surface area (Å²) in [6, 6.07) is 4.03. The Bertz CT molecular complexity index is 643. The van der Waals surface area contributed by atoms with Gasteiger partial charge in [-0.05, 0) is 35.6 Å². The maximum absolute atomic E-state index is 13.5. The molecule has 0 saturated heterocycles. The van der Waals surface area contributed by atoms with Crippen molar-refractivity contribution in [3.63, 3.8) is 0 Å². The molecule has 0 aliphatic carbocycles. The number of aryl methyl sites for hydroxylation is 1. The summed E-state index contributed by atoms with van der Waals surface area (Å²) in [5.41, 5.74) is -0.635. The summed E-state index contributed by atoms with van der Waals surface area (Å²) in [6.45, 7) is 1.87. The van der Waals surface area contributed by atoms with Gasteiger partial charge < -0.3 is 0 Å². The molecule has 6 heteroatoms. The van der Waals surface area contributed by atoms with Crippen LogP contribution in [0.5, 0.6) is 0 Å². The molecule has 0 N–H and O–H groups in total. The summed E-state index contributed by atoms with van der Waals surface area (Å²) in [7, 11) is 0. The molecule has 0 atom stereocenters. The molecule has 2 aromatic rings. The van der Waals surface area contributed by atoms with Crippen LogP contribution in [0.2, 0.25) is 0 Å². The number of rotatable bonds is 3. The van der Waals surface area contributed by atoms with Crippen LogP contribution in [0, 0.1) is 5.82 Å². The first-order chi connectivity index (χ1) is 9.34. The van der Waals surface area contributed by atoms with Crippen LogP contribution in [0.3, 0.4) is 0 Å². The number of benzene rings is 1. The maximum Gasteiger partial charge on any atom is 0.419 e. The van der Waals surface area contributed by atoms with Crippen LogP contribution < -0.4 is 0 Å². The van der Waals surface area contributed by atoms with Crippen molar-refractivity contribution in [1.29, 1.82) is 0 Å². The number of hydrogen-bond acceptors (Lipinski definition) is 2. The molecule has 0 spiro atoms. The summed E-state index contributed by atoms with van der Waals surface area (Å²) < 4.78 is 50.8. The second kappa shape index (κ2) is 5.36. The molecule has 0 radical (unpaired) electrons. The lowest BCUT2D eigenvalue weighted by molar-refractivity contribution is -0.140. The number of carbonyl (C=O) groups excluding carboxylic acids is 1. The zero-order chi connectivity index (χ0) is 14.9. The van der Waals surface area contributed by atoms with Crippen molar-refractivity contribution in [2.24, 2.45) is 0 Å². The van der Waals surface area contributed by atoms with E-state index in [-0.39, 0.29) is 5.56 Å². The summed E-state index contributed by atoms with van der Waals surface area (Å²) >= 11 is 1.20. The molecule has 0 amide bonds. The minimum Gasteiger partial charge on any atom is -0.288 e. The molecule has 0 aliphatic heterocycles. The average molecular weight is 302 g/mol. The summed E-state index contributed by atoms with van der Waals surface area (Å²) in [5, 5.41) is 1.73. The van der Waals surface area contributed by atoms with Gasteiger partial charge in [-0.15, -0.1) is 11.3 Å². The van der Waals surface area contributed by atoms with Gasteiger partial charge in [-0.2, -0.15) is 13.2 Å². The number of thiophene rings is 1. The normalized spacial score (nSPS) is 11.7. The number of carbonyl (C=O) groups is 1. The van der Waals surface area contributed by atoms with E-state index in [2.05, 4.69) is 0 Å². The fourth-order valence-corrected chi connectivity index (χ4v) is 2.79. The zero-order valence-electron chi connectivity index (χ0n) is 10.4. The molecule has 0 unspecified atom stereocenters. The molecule has 0 saturated carbocycles. The minimum atomic E-state index is -4.76. The smallest absolute Gasteiger partial charge is 0.288 e. The van der Waals surface area contributed by atoms with Crippen LogP contribution in [0.1, 0.15) is 33.3 Å². The van der Waals surface area contributed by atoms with E-state index in [0.29, 0.717) is 23.4 Å². The van der Waals surface area contributed by atoms with Crippen LogP contribution >= 0.6 is 11.3 Å². The van der Waals surface area contributed by atoms with E-state index >= 15 is 0 Å². The van der Waals surface area contributed by atoms with Gasteiger partial charge in [0, 0.05) is 5.56 Å². The highest BCUT2D eigenvalue weighted by Crippen LogP contribution is 2.32. The van der Waals surface area contributed by atoms with E-state index in [9.17, 15) is 22.4 Å². The Balaban J connectivity index is 2.40. The second-order valence-electron chi connectivity index (χ2n) is 4.15. The first-order valence-electron chi connectivity index (χ1n) is 5.82. The Morgan fingerprint density at radius 2 is 1.95 bits per heavy atom. The van der Waals surface area contributed by atoms with Gasteiger partial charge in [0.1, 0.15) is 5.82 Å². The Labute approximate surface area is 116 Å². The second-order valence-corrected chi connectivity index (χ2v) is 5.07. The largest absolute Gasteiger partial charge is 0.419 e. The Hall–Kier alpha value is -1.69. The maximum atomic E-state index is 13.5. The van der Waals surface area contributed by atoms with E-state index < -0.39 is 23.3 Å². The summed E-state index contributed by atoms with van der Waals surface area (Å²) in [4.78, 5) is 12.6. The van der Waals surface area contributed by atoms with E-state index in [1.165, 1.54) is 11.3 Å². The van der Waals surface area contributed by atoms with Gasteiger partial charge in [-0.3, -0.25) is 4.79 Å². The van der Waals surface area contributed by atoms with Crippen molar-refractivity contribution < 1.29 is 22.4 Å². The molecule has 2 rings (SSSR count). The van der Waals surface area contributed by atoms with E-state index in [4.69, 9.17) is 0 Å². The fourth-order valence-electron chi connectivity index (χ4n) is 1.83. The molecule has 0 aliphatic rings. The van der Waals surface area contributed by atoms with Crippen molar-refractivity contribution in [3.05, 3.63) is 57.0 Å². The monoisotopic (exact) mass is 302 g/mol. The van der Waals surface area contributed by atoms with Gasteiger partial charge in [0.25, 0.3) is 0 Å². The molecule has 1 nitrogen and oxygen atoms in total. The van der Waals surface area contributed by atoms with Gasteiger partial charge in [0.05, 0.1) is 10.4 Å². The van der Waals surface area contributed by atoms with Gasteiger partial charge in [0.15, 0.2) is 0 Å².